The van der Waals surface area contributed by atoms with Gasteiger partial charge in [0.05, 0.1) is 6.54 Å². The summed E-state index contributed by atoms with van der Waals surface area (Å²) in [5.74, 6) is 1.60. The van der Waals surface area contributed by atoms with E-state index in [1.807, 2.05) is 37.3 Å². The van der Waals surface area contributed by atoms with E-state index in [4.69, 9.17) is 0 Å². The Kier molecular flexibility index (Phi) is 5.48. The smallest absolute Gasteiger partial charge is 0.319 e. The molecule has 1 aliphatic rings. The van der Waals surface area contributed by atoms with Crippen LogP contribution in [-0.4, -0.2) is 29.1 Å². The van der Waals surface area contributed by atoms with Gasteiger partial charge in [-0.1, -0.05) is 25.1 Å². The lowest BCUT2D eigenvalue weighted by Gasteiger charge is -2.17. The number of nitrogens with zero attached hydrogens (tertiary/aromatic N) is 3. The Bertz CT molecular complexity index is 740. The average Bonchev–Trinajstić information content (AvgIpc) is 3.15. The van der Waals surface area contributed by atoms with Crippen molar-refractivity contribution in [2.75, 3.05) is 23.3 Å². The normalized spacial score (nSPS) is 13.8. The Balaban J connectivity index is 1.62. The molecule has 0 aliphatic carbocycles. The number of amides is 2. The van der Waals surface area contributed by atoms with Crippen LogP contribution < -0.4 is 15.5 Å². The highest BCUT2D eigenvalue weighted by molar-refractivity contribution is 5.90. The number of aryl methyl sites for hydroxylation is 2. The second-order valence-electron chi connectivity index (χ2n) is 6.30. The summed E-state index contributed by atoms with van der Waals surface area (Å²) < 4.78 is 0. The van der Waals surface area contributed by atoms with Gasteiger partial charge in [0.2, 0.25) is 0 Å². The summed E-state index contributed by atoms with van der Waals surface area (Å²) in [6, 6.07) is 9.58. The van der Waals surface area contributed by atoms with Gasteiger partial charge in [-0.2, -0.15) is 0 Å². The zero-order valence-electron chi connectivity index (χ0n) is 14.9. The van der Waals surface area contributed by atoms with Gasteiger partial charge >= 0.3 is 6.03 Å². The second-order valence-corrected chi connectivity index (χ2v) is 6.30. The van der Waals surface area contributed by atoms with Crippen molar-refractivity contribution < 1.29 is 4.79 Å². The van der Waals surface area contributed by atoms with Crippen LogP contribution in [0.3, 0.4) is 0 Å². The van der Waals surface area contributed by atoms with Crippen LogP contribution >= 0.6 is 0 Å². The number of benzene rings is 1. The van der Waals surface area contributed by atoms with Gasteiger partial charge in [-0.15, -0.1) is 0 Å². The quantitative estimate of drug-likeness (QED) is 0.877. The van der Waals surface area contributed by atoms with E-state index in [0.29, 0.717) is 12.4 Å². The van der Waals surface area contributed by atoms with Crippen LogP contribution in [0.4, 0.5) is 16.3 Å². The Morgan fingerprint density at radius 3 is 2.72 bits per heavy atom. The standard InChI is InChI=1S/C19H25N5O/c1-3-15-8-4-5-9-16(15)22-19(25)20-13-17-21-14(2)12-18(23-17)24-10-6-7-11-24/h4-5,8-9,12H,3,6-7,10-11,13H2,1-2H3,(H2,20,22,25). The van der Waals surface area contributed by atoms with Gasteiger partial charge in [0.1, 0.15) is 11.6 Å². The minimum Gasteiger partial charge on any atom is -0.357 e. The number of para-hydroxylation sites is 1. The summed E-state index contributed by atoms with van der Waals surface area (Å²) in [5, 5.41) is 5.75. The van der Waals surface area contributed by atoms with E-state index in [2.05, 4.69) is 32.4 Å². The molecule has 1 aromatic carbocycles. The molecule has 2 amide bonds. The van der Waals surface area contributed by atoms with Crippen molar-refractivity contribution in [3.05, 3.63) is 47.4 Å². The molecule has 0 spiro atoms. The molecule has 6 nitrogen and oxygen atoms in total. The molecule has 1 saturated heterocycles. The highest BCUT2D eigenvalue weighted by atomic mass is 16.2. The van der Waals surface area contributed by atoms with Gasteiger partial charge < -0.3 is 15.5 Å². The average molecular weight is 339 g/mol. The fourth-order valence-electron chi connectivity index (χ4n) is 3.08. The van der Waals surface area contributed by atoms with E-state index >= 15 is 0 Å². The number of hydrogen-bond donors (Lipinski definition) is 2. The third-order valence-corrected chi connectivity index (χ3v) is 4.37. The molecule has 3 rings (SSSR count). The third-order valence-electron chi connectivity index (χ3n) is 4.37. The van der Waals surface area contributed by atoms with Crippen molar-refractivity contribution in [2.45, 2.75) is 39.7 Å². The largest absolute Gasteiger partial charge is 0.357 e. The molecule has 2 aromatic rings. The first-order chi connectivity index (χ1) is 12.2. The van der Waals surface area contributed by atoms with E-state index in [-0.39, 0.29) is 6.03 Å². The summed E-state index contributed by atoms with van der Waals surface area (Å²) in [4.78, 5) is 23.5. The molecule has 0 bridgehead atoms. The van der Waals surface area contributed by atoms with Crippen LogP contribution in [0.5, 0.6) is 0 Å². The van der Waals surface area contributed by atoms with Crippen molar-refractivity contribution in [3.8, 4) is 0 Å². The van der Waals surface area contributed by atoms with Crippen molar-refractivity contribution >= 4 is 17.5 Å². The van der Waals surface area contributed by atoms with Gasteiger partial charge in [0.25, 0.3) is 0 Å². The number of rotatable bonds is 5. The van der Waals surface area contributed by atoms with Gasteiger partial charge in [0, 0.05) is 30.5 Å². The summed E-state index contributed by atoms with van der Waals surface area (Å²) in [5.41, 5.74) is 2.87. The molecular formula is C19H25N5O. The Morgan fingerprint density at radius 2 is 1.96 bits per heavy atom. The van der Waals surface area contributed by atoms with Gasteiger partial charge in [-0.3, -0.25) is 0 Å². The fraction of sp³-hybridized carbons (Fsp3) is 0.421. The van der Waals surface area contributed by atoms with Gasteiger partial charge in [0.15, 0.2) is 0 Å². The molecule has 2 heterocycles. The summed E-state index contributed by atoms with van der Waals surface area (Å²) >= 11 is 0. The molecule has 0 saturated carbocycles. The first-order valence-electron chi connectivity index (χ1n) is 8.88. The summed E-state index contributed by atoms with van der Waals surface area (Å²) in [7, 11) is 0. The maximum Gasteiger partial charge on any atom is 0.319 e. The zero-order valence-corrected chi connectivity index (χ0v) is 14.9. The molecule has 2 N–H and O–H groups in total. The van der Waals surface area contributed by atoms with Crippen molar-refractivity contribution in [3.63, 3.8) is 0 Å². The van der Waals surface area contributed by atoms with Crippen LogP contribution in [-0.2, 0) is 13.0 Å². The Labute approximate surface area is 148 Å². The molecule has 1 aliphatic heterocycles. The molecule has 25 heavy (non-hydrogen) atoms. The maximum absolute atomic E-state index is 12.2. The van der Waals surface area contributed by atoms with Crippen LogP contribution in [0, 0.1) is 6.92 Å². The minimum atomic E-state index is -0.242. The second kappa shape index (κ2) is 7.96. The monoisotopic (exact) mass is 339 g/mol. The number of carbonyl (C=O) groups excluding carboxylic acids is 1. The van der Waals surface area contributed by atoms with E-state index in [1.165, 1.54) is 12.8 Å². The van der Waals surface area contributed by atoms with E-state index in [0.717, 1.165) is 42.3 Å². The topological polar surface area (TPSA) is 70.2 Å². The molecule has 1 aromatic heterocycles. The number of urea groups is 1. The van der Waals surface area contributed by atoms with Crippen LogP contribution in [0.15, 0.2) is 30.3 Å². The van der Waals surface area contributed by atoms with Gasteiger partial charge in [-0.05, 0) is 37.8 Å². The molecular weight excluding hydrogens is 314 g/mol. The molecule has 6 heteroatoms. The highest BCUT2D eigenvalue weighted by Crippen LogP contribution is 2.18. The summed E-state index contributed by atoms with van der Waals surface area (Å²) in [6.07, 6.45) is 3.28. The van der Waals surface area contributed by atoms with Crippen LogP contribution in [0.25, 0.3) is 0 Å². The number of nitrogens with one attached hydrogen (secondary N) is 2. The molecule has 0 atom stereocenters. The third kappa shape index (κ3) is 4.47. The van der Waals surface area contributed by atoms with Crippen LogP contribution in [0.1, 0.15) is 36.8 Å². The molecule has 1 fully saturated rings. The Morgan fingerprint density at radius 1 is 1.20 bits per heavy atom. The predicted molar refractivity (Wildman–Crippen MR) is 99.9 cm³/mol. The molecule has 132 valence electrons. The van der Waals surface area contributed by atoms with Gasteiger partial charge in [-0.25, -0.2) is 14.8 Å². The number of hydrogen-bond acceptors (Lipinski definition) is 4. The molecule has 0 radical (unpaired) electrons. The number of anilines is 2. The lowest BCUT2D eigenvalue weighted by molar-refractivity contribution is 0.251. The minimum absolute atomic E-state index is 0.242. The van der Waals surface area contributed by atoms with E-state index in [9.17, 15) is 4.79 Å². The van der Waals surface area contributed by atoms with Crippen LogP contribution in [0.2, 0.25) is 0 Å². The van der Waals surface area contributed by atoms with Crippen molar-refractivity contribution in [2.24, 2.45) is 0 Å². The number of aromatic nitrogens is 2. The summed E-state index contributed by atoms with van der Waals surface area (Å²) in [6.45, 7) is 6.42. The highest BCUT2D eigenvalue weighted by Gasteiger charge is 2.15. The fourth-order valence-corrected chi connectivity index (χ4v) is 3.08. The van der Waals surface area contributed by atoms with E-state index < -0.39 is 0 Å². The number of carbonyl (C=O) groups is 1. The first-order valence-corrected chi connectivity index (χ1v) is 8.88. The zero-order chi connectivity index (χ0) is 17.6. The SMILES string of the molecule is CCc1ccccc1NC(=O)NCc1nc(C)cc(N2CCCC2)n1. The maximum atomic E-state index is 12.2. The van der Waals surface area contributed by atoms with Crippen molar-refractivity contribution in [1.82, 2.24) is 15.3 Å². The Hall–Kier alpha value is -2.63. The molecule has 0 unspecified atom stereocenters. The predicted octanol–water partition coefficient (Wildman–Crippen LogP) is 3.27. The first kappa shape index (κ1) is 17.2. The lowest BCUT2D eigenvalue weighted by Crippen LogP contribution is -2.30. The van der Waals surface area contributed by atoms with E-state index in [1.54, 1.807) is 0 Å². The lowest BCUT2D eigenvalue weighted by atomic mass is 10.1. The van der Waals surface area contributed by atoms with Crippen molar-refractivity contribution in [1.29, 1.82) is 0 Å².